The van der Waals surface area contributed by atoms with E-state index in [1.54, 1.807) is 17.1 Å². The van der Waals surface area contributed by atoms with Gasteiger partial charge < -0.3 is 5.73 Å². The summed E-state index contributed by atoms with van der Waals surface area (Å²) in [4.78, 5) is 4.02. The highest BCUT2D eigenvalue weighted by molar-refractivity contribution is 5.77. The van der Waals surface area contributed by atoms with Crippen molar-refractivity contribution in [1.29, 1.82) is 0 Å². The van der Waals surface area contributed by atoms with Crippen molar-refractivity contribution < 1.29 is 0 Å². The molecule has 1 aromatic carbocycles. The minimum Gasteiger partial charge on any atom is -0.396 e. The Morgan fingerprint density at radius 1 is 1.00 bits per heavy atom. The van der Waals surface area contributed by atoms with E-state index in [0.29, 0.717) is 5.69 Å². The number of hydrogen-bond acceptors (Lipinski definition) is 3. The van der Waals surface area contributed by atoms with Gasteiger partial charge in [-0.05, 0) is 44.0 Å². The SMILES string of the molecule is Cc1cc(C)c(-c2nn(-c3ccncc3)cc2N)c(C)c1. The molecule has 21 heavy (non-hydrogen) atoms. The number of pyridine rings is 1. The highest BCUT2D eigenvalue weighted by Gasteiger charge is 2.14. The Labute approximate surface area is 124 Å². The van der Waals surface area contributed by atoms with E-state index in [2.05, 4.69) is 43.0 Å². The number of nitrogens with two attached hydrogens (primary N) is 1. The van der Waals surface area contributed by atoms with Gasteiger partial charge in [0.25, 0.3) is 0 Å². The number of hydrogen-bond donors (Lipinski definition) is 1. The molecule has 2 heterocycles. The van der Waals surface area contributed by atoms with Crippen LogP contribution in [0.15, 0.2) is 42.9 Å². The molecule has 0 fully saturated rings. The summed E-state index contributed by atoms with van der Waals surface area (Å²) in [5, 5.41) is 4.67. The largest absolute Gasteiger partial charge is 0.396 e. The third kappa shape index (κ3) is 2.40. The van der Waals surface area contributed by atoms with Crippen molar-refractivity contribution in [2.75, 3.05) is 5.73 Å². The van der Waals surface area contributed by atoms with Crippen LogP contribution in [0.5, 0.6) is 0 Å². The monoisotopic (exact) mass is 278 g/mol. The molecular formula is C17H18N4. The molecule has 0 amide bonds. The van der Waals surface area contributed by atoms with E-state index >= 15 is 0 Å². The van der Waals surface area contributed by atoms with E-state index in [-0.39, 0.29) is 0 Å². The minimum absolute atomic E-state index is 0.682. The van der Waals surface area contributed by atoms with Gasteiger partial charge in [0, 0.05) is 18.0 Å². The zero-order valence-corrected chi connectivity index (χ0v) is 12.5. The summed E-state index contributed by atoms with van der Waals surface area (Å²) in [7, 11) is 0. The van der Waals surface area contributed by atoms with Gasteiger partial charge in [0.1, 0.15) is 5.69 Å². The lowest BCUT2D eigenvalue weighted by Crippen LogP contribution is -1.96. The smallest absolute Gasteiger partial charge is 0.116 e. The molecule has 2 aromatic heterocycles. The second-order valence-corrected chi connectivity index (χ2v) is 5.36. The van der Waals surface area contributed by atoms with E-state index in [4.69, 9.17) is 5.73 Å². The molecule has 0 radical (unpaired) electrons. The number of rotatable bonds is 2. The van der Waals surface area contributed by atoms with Crippen LogP contribution in [-0.4, -0.2) is 14.8 Å². The first-order chi connectivity index (χ1) is 10.1. The van der Waals surface area contributed by atoms with Crippen molar-refractivity contribution in [2.24, 2.45) is 0 Å². The Morgan fingerprint density at radius 2 is 1.62 bits per heavy atom. The van der Waals surface area contributed by atoms with Crippen LogP contribution in [0.3, 0.4) is 0 Å². The van der Waals surface area contributed by atoms with Crippen LogP contribution in [0.2, 0.25) is 0 Å². The number of nitrogens with zero attached hydrogens (tertiary/aromatic N) is 3. The van der Waals surface area contributed by atoms with Crippen LogP contribution in [-0.2, 0) is 0 Å². The standard InChI is InChI=1S/C17H18N4/c1-11-8-12(2)16(13(3)9-11)17-15(18)10-21(20-17)14-4-6-19-7-5-14/h4-10H,18H2,1-3H3. The van der Waals surface area contributed by atoms with Crippen molar-refractivity contribution in [3.63, 3.8) is 0 Å². The molecule has 4 heteroatoms. The average Bonchev–Trinajstić information content (AvgIpc) is 2.81. The van der Waals surface area contributed by atoms with E-state index in [0.717, 1.165) is 16.9 Å². The second-order valence-electron chi connectivity index (χ2n) is 5.36. The predicted octanol–water partition coefficient (Wildman–Crippen LogP) is 3.44. The number of anilines is 1. The lowest BCUT2D eigenvalue weighted by atomic mass is 9.97. The van der Waals surface area contributed by atoms with Crippen molar-refractivity contribution in [2.45, 2.75) is 20.8 Å². The van der Waals surface area contributed by atoms with Gasteiger partial charge in [0.15, 0.2) is 0 Å². The van der Waals surface area contributed by atoms with Gasteiger partial charge in [0.2, 0.25) is 0 Å². The fraction of sp³-hybridized carbons (Fsp3) is 0.176. The van der Waals surface area contributed by atoms with Gasteiger partial charge in [-0.1, -0.05) is 17.7 Å². The number of aromatic nitrogens is 3. The molecule has 0 saturated carbocycles. The minimum atomic E-state index is 0.682. The second kappa shape index (κ2) is 5.05. The summed E-state index contributed by atoms with van der Waals surface area (Å²) in [5.74, 6) is 0. The van der Waals surface area contributed by atoms with Crippen molar-refractivity contribution in [1.82, 2.24) is 14.8 Å². The molecule has 0 aliphatic heterocycles. The fourth-order valence-electron chi connectivity index (χ4n) is 2.76. The summed E-state index contributed by atoms with van der Waals surface area (Å²) < 4.78 is 1.80. The van der Waals surface area contributed by atoms with Crippen LogP contribution >= 0.6 is 0 Å². The van der Waals surface area contributed by atoms with Crippen molar-refractivity contribution >= 4 is 5.69 Å². The van der Waals surface area contributed by atoms with Crippen LogP contribution < -0.4 is 5.73 Å². The first kappa shape index (κ1) is 13.4. The summed E-state index contributed by atoms with van der Waals surface area (Å²) in [6, 6.07) is 8.14. The van der Waals surface area contributed by atoms with Crippen molar-refractivity contribution in [3.8, 4) is 16.9 Å². The van der Waals surface area contributed by atoms with E-state index in [1.807, 2.05) is 18.3 Å². The zero-order valence-electron chi connectivity index (χ0n) is 12.5. The van der Waals surface area contributed by atoms with Crippen LogP contribution in [0.1, 0.15) is 16.7 Å². The molecule has 2 N–H and O–H groups in total. The van der Waals surface area contributed by atoms with Gasteiger partial charge in [-0.15, -0.1) is 0 Å². The van der Waals surface area contributed by atoms with Gasteiger partial charge in [0.05, 0.1) is 17.6 Å². The third-order valence-corrected chi connectivity index (χ3v) is 3.58. The van der Waals surface area contributed by atoms with E-state index in [1.165, 1.54) is 16.7 Å². The molecule has 0 unspecified atom stereocenters. The molecule has 0 aliphatic carbocycles. The number of nitrogen functional groups attached to an aromatic ring is 1. The lowest BCUT2D eigenvalue weighted by Gasteiger charge is -2.09. The predicted molar refractivity (Wildman–Crippen MR) is 85.4 cm³/mol. The average molecular weight is 278 g/mol. The van der Waals surface area contributed by atoms with Gasteiger partial charge >= 0.3 is 0 Å². The molecule has 0 aliphatic rings. The topological polar surface area (TPSA) is 56.7 Å². The normalized spacial score (nSPS) is 10.8. The Hall–Kier alpha value is -2.62. The van der Waals surface area contributed by atoms with Crippen LogP contribution in [0.25, 0.3) is 16.9 Å². The van der Waals surface area contributed by atoms with Crippen LogP contribution in [0, 0.1) is 20.8 Å². The molecule has 106 valence electrons. The molecule has 3 rings (SSSR count). The van der Waals surface area contributed by atoms with Gasteiger partial charge in [-0.2, -0.15) is 5.10 Å². The van der Waals surface area contributed by atoms with Gasteiger partial charge in [-0.3, -0.25) is 4.98 Å². The first-order valence-electron chi connectivity index (χ1n) is 6.90. The van der Waals surface area contributed by atoms with E-state index < -0.39 is 0 Å². The molecule has 0 atom stereocenters. The molecule has 3 aromatic rings. The lowest BCUT2D eigenvalue weighted by molar-refractivity contribution is 0.880. The maximum atomic E-state index is 6.19. The fourth-order valence-corrected chi connectivity index (χ4v) is 2.76. The zero-order chi connectivity index (χ0) is 15.0. The molecule has 0 spiro atoms. The third-order valence-electron chi connectivity index (χ3n) is 3.58. The quantitative estimate of drug-likeness (QED) is 0.781. The maximum Gasteiger partial charge on any atom is 0.116 e. The maximum absolute atomic E-state index is 6.19. The van der Waals surface area contributed by atoms with E-state index in [9.17, 15) is 0 Å². The number of aryl methyl sites for hydroxylation is 3. The molecule has 4 nitrogen and oxygen atoms in total. The Bertz CT molecular complexity index is 765. The Morgan fingerprint density at radius 3 is 2.24 bits per heavy atom. The molecular weight excluding hydrogens is 260 g/mol. The Balaban J connectivity index is 2.15. The first-order valence-corrected chi connectivity index (χ1v) is 6.90. The summed E-state index contributed by atoms with van der Waals surface area (Å²) in [6.07, 6.45) is 5.34. The number of benzene rings is 1. The summed E-state index contributed by atoms with van der Waals surface area (Å²) in [6.45, 7) is 6.29. The highest BCUT2D eigenvalue weighted by Crippen LogP contribution is 2.31. The summed E-state index contributed by atoms with van der Waals surface area (Å²) in [5.41, 5.74) is 13.4. The van der Waals surface area contributed by atoms with Gasteiger partial charge in [-0.25, -0.2) is 4.68 Å². The summed E-state index contributed by atoms with van der Waals surface area (Å²) >= 11 is 0. The van der Waals surface area contributed by atoms with Crippen molar-refractivity contribution in [3.05, 3.63) is 59.5 Å². The molecule has 0 saturated heterocycles. The highest BCUT2D eigenvalue weighted by atomic mass is 15.3. The van der Waals surface area contributed by atoms with Crippen LogP contribution in [0.4, 0.5) is 5.69 Å². The Kier molecular flexibility index (Phi) is 3.22. The molecule has 0 bridgehead atoms.